The van der Waals surface area contributed by atoms with Gasteiger partial charge in [-0.2, -0.15) is 0 Å². The van der Waals surface area contributed by atoms with Crippen molar-refractivity contribution in [2.24, 2.45) is 4.99 Å². The Morgan fingerprint density at radius 1 is 1.16 bits per heavy atom. The number of carbonyl (C=O) groups excluding carboxylic acids is 1. The van der Waals surface area contributed by atoms with Gasteiger partial charge >= 0.3 is 0 Å². The van der Waals surface area contributed by atoms with Crippen LogP contribution in [0.2, 0.25) is 0 Å². The number of thioether (sulfide) groups is 2. The van der Waals surface area contributed by atoms with Crippen molar-refractivity contribution in [3.8, 4) is 0 Å². The van der Waals surface area contributed by atoms with Gasteiger partial charge in [0.05, 0.1) is 4.91 Å². The topological polar surface area (TPSA) is 35.9 Å². The lowest BCUT2D eigenvalue weighted by atomic mass is 10.2. The predicted molar refractivity (Wildman–Crippen MR) is 110 cm³/mol. The minimum atomic E-state index is -0.0192. The lowest BCUT2D eigenvalue weighted by Gasteiger charge is -2.20. The Morgan fingerprint density at radius 2 is 1.92 bits per heavy atom. The third-order valence-corrected chi connectivity index (χ3v) is 6.75. The second-order valence-electron chi connectivity index (χ2n) is 5.67. The van der Waals surface area contributed by atoms with Crippen molar-refractivity contribution in [2.75, 3.05) is 6.54 Å². The lowest BCUT2D eigenvalue weighted by Crippen LogP contribution is -2.28. The number of rotatable bonds is 2. The summed E-state index contributed by atoms with van der Waals surface area (Å²) in [4.78, 5) is 22.8. The lowest BCUT2D eigenvalue weighted by molar-refractivity contribution is -0.122. The number of benzene rings is 1. The van der Waals surface area contributed by atoms with E-state index in [0.717, 1.165) is 26.9 Å². The Bertz CT molecular complexity index is 899. The Labute approximate surface area is 160 Å². The van der Waals surface area contributed by atoms with Crippen LogP contribution in [0.3, 0.4) is 0 Å². The number of aliphatic imine (C=N–C) groups is 1. The Hall–Kier alpha value is -1.83. The Balaban J connectivity index is 1.83. The van der Waals surface area contributed by atoms with Gasteiger partial charge in [-0.1, -0.05) is 66.1 Å². The van der Waals surface area contributed by atoms with E-state index in [9.17, 15) is 4.79 Å². The third kappa shape index (κ3) is 2.76. The fraction of sp³-hybridized carbons (Fsp3) is 0.167. The molecule has 0 saturated carbocycles. The van der Waals surface area contributed by atoms with Gasteiger partial charge in [-0.15, -0.1) is 0 Å². The fourth-order valence-electron chi connectivity index (χ4n) is 2.77. The van der Waals surface area contributed by atoms with Crippen molar-refractivity contribution in [1.29, 1.82) is 0 Å². The van der Waals surface area contributed by atoms with Crippen LogP contribution < -0.4 is 0 Å². The molecule has 0 aliphatic carbocycles. The highest BCUT2D eigenvalue weighted by Gasteiger charge is 2.39. The maximum absolute atomic E-state index is 12.8. The van der Waals surface area contributed by atoms with Gasteiger partial charge in [-0.25, -0.2) is 4.99 Å². The average molecular weight is 386 g/mol. The quantitative estimate of drug-likeness (QED) is 0.557. The normalized spacial score (nSPS) is 22.9. The number of hydrogen-bond donors (Lipinski definition) is 0. The summed E-state index contributed by atoms with van der Waals surface area (Å²) in [6.07, 6.45) is 3.88. The number of hydrogen-bond acceptors (Lipinski definition) is 6. The summed E-state index contributed by atoms with van der Waals surface area (Å²) >= 11 is 8.33. The van der Waals surface area contributed by atoms with E-state index in [1.165, 1.54) is 11.8 Å². The number of likely N-dealkylation sites (N-methyl/N-ethyl adjacent to an activating group) is 1. The average Bonchev–Trinajstić information content (AvgIpc) is 3.12. The van der Waals surface area contributed by atoms with Gasteiger partial charge in [-0.05, 0) is 25.0 Å². The summed E-state index contributed by atoms with van der Waals surface area (Å²) in [5.74, 6) is 0.841. The molecule has 1 aromatic carbocycles. The second-order valence-corrected chi connectivity index (χ2v) is 8.32. The first-order chi connectivity index (χ1) is 12.1. The van der Waals surface area contributed by atoms with E-state index in [1.54, 1.807) is 16.7 Å². The maximum atomic E-state index is 12.8. The van der Waals surface area contributed by atoms with Crippen LogP contribution in [0.1, 0.15) is 19.4 Å². The third-order valence-electron chi connectivity index (χ3n) is 3.97. The van der Waals surface area contributed by atoms with Crippen molar-refractivity contribution < 1.29 is 4.79 Å². The minimum Gasteiger partial charge on any atom is -0.293 e. The molecular weight excluding hydrogens is 370 g/mol. The van der Waals surface area contributed by atoms with Gasteiger partial charge in [0.1, 0.15) is 14.3 Å². The summed E-state index contributed by atoms with van der Waals surface area (Å²) in [5, 5.41) is 0.887. The molecule has 0 N–H and O–H groups in total. The van der Waals surface area contributed by atoms with E-state index in [1.807, 2.05) is 49.4 Å². The van der Waals surface area contributed by atoms with Crippen LogP contribution in [0.15, 0.2) is 62.9 Å². The van der Waals surface area contributed by atoms with Crippen LogP contribution in [-0.2, 0) is 4.79 Å². The smallest absolute Gasteiger partial charge is 0.268 e. The zero-order valence-electron chi connectivity index (χ0n) is 13.7. The number of nitrogens with zero attached hydrogens (tertiary/aromatic N) is 3. The summed E-state index contributed by atoms with van der Waals surface area (Å²) in [6, 6.07) is 10.1. The standard InChI is InChI=1S/C18H15N3OS3/c1-3-20-16(22)14(25-18(20)23)17-21-10-11(2)9-19-15(21)13(24-17)12-7-5-4-6-8-12/h4-10H,3H2,1-2H3. The highest BCUT2D eigenvalue weighted by atomic mass is 32.2. The molecule has 0 bridgehead atoms. The number of amides is 1. The van der Waals surface area contributed by atoms with Crippen molar-refractivity contribution >= 4 is 57.1 Å². The molecule has 3 aliphatic rings. The van der Waals surface area contributed by atoms with Gasteiger partial charge in [0.15, 0.2) is 5.82 Å². The van der Waals surface area contributed by atoms with Crippen LogP contribution >= 0.6 is 35.7 Å². The van der Waals surface area contributed by atoms with Crippen LogP contribution in [0.5, 0.6) is 0 Å². The number of thiocarbonyl (C=S) groups is 1. The summed E-state index contributed by atoms with van der Waals surface area (Å²) < 4.78 is 0.617. The molecule has 0 spiro atoms. The molecule has 25 heavy (non-hydrogen) atoms. The molecule has 4 nitrogen and oxygen atoms in total. The van der Waals surface area contributed by atoms with Crippen molar-refractivity contribution in [1.82, 2.24) is 9.80 Å². The number of fused-ring (bicyclic) bond motifs is 1. The molecule has 1 amide bonds. The molecule has 1 aromatic rings. The molecule has 3 aliphatic heterocycles. The molecule has 1 fully saturated rings. The first kappa shape index (κ1) is 16.6. The van der Waals surface area contributed by atoms with Gasteiger partial charge in [0.2, 0.25) is 0 Å². The van der Waals surface area contributed by atoms with E-state index < -0.39 is 0 Å². The molecule has 3 heterocycles. The number of allylic oxidation sites excluding steroid dienone is 1. The van der Waals surface area contributed by atoms with Crippen molar-refractivity contribution in [3.05, 3.63) is 63.4 Å². The molecule has 126 valence electrons. The van der Waals surface area contributed by atoms with Gasteiger partial charge < -0.3 is 0 Å². The van der Waals surface area contributed by atoms with Gasteiger partial charge in [0, 0.05) is 19.0 Å². The number of carbonyl (C=O) groups is 1. The second kappa shape index (κ2) is 6.48. The highest BCUT2D eigenvalue weighted by Crippen LogP contribution is 2.52. The van der Waals surface area contributed by atoms with E-state index in [0.29, 0.717) is 15.8 Å². The molecule has 1 saturated heterocycles. The zero-order chi connectivity index (χ0) is 17.6. The Kier molecular flexibility index (Phi) is 4.31. The monoisotopic (exact) mass is 385 g/mol. The van der Waals surface area contributed by atoms with Crippen LogP contribution in [-0.4, -0.2) is 32.8 Å². The fourth-order valence-corrected chi connectivity index (χ4v) is 5.47. The molecule has 4 rings (SSSR count). The molecule has 0 radical (unpaired) electrons. The van der Waals surface area contributed by atoms with E-state index in [4.69, 9.17) is 12.2 Å². The maximum Gasteiger partial charge on any atom is 0.268 e. The first-order valence-electron chi connectivity index (χ1n) is 7.87. The molecule has 0 atom stereocenters. The Morgan fingerprint density at radius 3 is 2.60 bits per heavy atom. The summed E-state index contributed by atoms with van der Waals surface area (Å²) in [7, 11) is 0. The van der Waals surface area contributed by atoms with E-state index >= 15 is 0 Å². The van der Waals surface area contributed by atoms with E-state index in [2.05, 4.69) is 17.1 Å². The van der Waals surface area contributed by atoms with Crippen molar-refractivity contribution in [2.45, 2.75) is 13.8 Å². The van der Waals surface area contributed by atoms with Crippen LogP contribution in [0.4, 0.5) is 0 Å². The van der Waals surface area contributed by atoms with Gasteiger partial charge in [0.25, 0.3) is 5.91 Å². The molecule has 0 unspecified atom stereocenters. The first-order valence-corrected chi connectivity index (χ1v) is 9.91. The van der Waals surface area contributed by atoms with Crippen molar-refractivity contribution in [3.63, 3.8) is 0 Å². The zero-order valence-corrected chi connectivity index (χ0v) is 16.2. The largest absolute Gasteiger partial charge is 0.293 e. The minimum absolute atomic E-state index is 0.0192. The van der Waals surface area contributed by atoms with Crippen LogP contribution in [0.25, 0.3) is 4.91 Å². The summed E-state index contributed by atoms with van der Waals surface area (Å²) in [6.45, 7) is 4.53. The van der Waals surface area contributed by atoms with Gasteiger partial charge in [-0.3, -0.25) is 14.6 Å². The predicted octanol–water partition coefficient (Wildman–Crippen LogP) is 4.40. The molecule has 0 aromatic heterocycles. The van der Waals surface area contributed by atoms with E-state index in [-0.39, 0.29) is 5.91 Å². The highest BCUT2D eigenvalue weighted by molar-refractivity contribution is 8.27. The summed E-state index contributed by atoms with van der Waals surface area (Å²) in [5.41, 5.74) is 2.14. The molecular formula is C18H15N3OS3. The molecule has 7 heteroatoms. The SMILES string of the molecule is CCN1C(=O)C(=C2SC(c3ccccc3)=C3N=CC(C)=CN32)SC1=S. The van der Waals surface area contributed by atoms with Crippen LogP contribution in [0, 0.1) is 0 Å².